The Morgan fingerprint density at radius 1 is 1.10 bits per heavy atom. The Morgan fingerprint density at radius 3 is 2.35 bits per heavy atom. The van der Waals surface area contributed by atoms with Gasteiger partial charge in [-0.05, 0) is 86.2 Å². The molecule has 1 aromatic rings. The van der Waals surface area contributed by atoms with E-state index in [9.17, 15) is 14.3 Å². The highest BCUT2D eigenvalue weighted by Gasteiger charge is 2.26. The number of benzene rings is 1. The van der Waals surface area contributed by atoms with Crippen molar-refractivity contribution in [2.45, 2.75) is 97.0 Å². The number of hydrogen-bond donors (Lipinski definition) is 1. The van der Waals surface area contributed by atoms with Crippen LogP contribution in [0, 0.1) is 17.8 Å². The molecular weight excluding hydrogens is 391 g/mol. The van der Waals surface area contributed by atoms with Crippen LogP contribution < -0.4 is 0 Å². The van der Waals surface area contributed by atoms with Crippen LogP contribution in [-0.4, -0.2) is 30.5 Å². The lowest BCUT2D eigenvalue weighted by molar-refractivity contribution is -0.149. The Morgan fingerprint density at radius 2 is 1.77 bits per heavy atom. The molecule has 1 aliphatic carbocycles. The van der Waals surface area contributed by atoms with Gasteiger partial charge < -0.3 is 9.84 Å². The third-order valence-corrected chi connectivity index (χ3v) is 7.19. The lowest BCUT2D eigenvalue weighted by Crippen LogP contribution is -2.24. The van der Waals surface area contributed by atoms with Gasteiger partial charge in [0.2, 0.25) is 0 Å². The maximum atomic E-state index is 12.3. The highest BCUT2D eigenvalue weighted by molar-refractivity contribution is 5.66. The number of carbonyl (C=O) groups excluding carboxylic acids is 1. The van der Waals surface area contributed by atoms with E-state index in [0.29, 0.717) is 24.2 Å². The molecule has 3 nitrogen and oxygen atoms in total. The lowest BCUT2D eigenvalue weighted by atomic mass is 9.73. The molecule has 31 heavy (non-hydrogen) atoms. The van der Waals surface area contributed by atoms with Gasteiger partial charge in [0, 0.05) is 6.92 Å². The first-order valence-corrected chi connectivity index (χ1v) is 12.4. The summed E-state index contributed by atoms with van der Waals surface area (Å²) in [5.74, 6) is 2.31. The fraction of sp³-hybridized carbons (Fsp3) is 0.741. The summed E-state index contributed by atoms with van der Waals surface area (Å²) in [6.45, 7) is 5.67. The van der Waals surface area contributed by atoms with E-state index in [-0.39, 0.29) is 25.4 Å². The molecular formula is C27H43FO3. The molecule has 1 aliphatic rings. The van der Waals surface area contributed by atoms with Crippen molar-refractivity contribution in [2.24, 2.45) is 17.8 Å². The molecule has 0 bridgehead atoms. The number of unbranched alkanes of at least 4 members (excludes halogenated alkanes) is 1. The number of alkyl halides is 1. The summed E-state index contributed by atoms with van der Waals surface area (Å²) in [6, 6.07) is 9.06. The first-order chi connectivity index (χ1) is 14.9. The molecule has 0 radical (unpaired) electrons. The number of esters is 1. The zero-order chi connectivity index (χ0) is 22.6. The smallest absolute Gasteiger partial charge is 0.302 e. The number of aryl methyl sites for hydroxylation is 1. The van der Waals surface area contributed by atoms with E-state index < -0.39 is 0 Å². The monoisotopic (exact) mass is 434 g/mol. The lowest BCUT2D eigenvalue weighted by Gasteiger charge is -2.33. The summed E-state index contributed by atoms with van der Waals surface area (Å²) < 4.78 is 17.4. The van der Waals surface area contributed by atoms with E-state index in [1.165, 1.54) is 50.2 Å². The predicted molar refractivity (Wildman–Crippen MR) is 125 cm³/mol. The van der Waals surface area contributed by atoms with E-state index >= 15 is 0 Å². The topological polar surface area (TPSA) is 46.5 Å². The average Bonchev–Trinajstić information content (AvgIpc) is 2.77. The standard InChI is InChI=1S/C27H43FO3/c1-20(18-27(19-29)31-22(3)30)7-8-21(2)24-13-15-26(16-14-24)25-11-9-23(10-12-25)6-4-5-17-28/h9-12,20-21,24,26-27,29H,4-8,13-19H2,1-3H3. The van der Waals surface area contributed by atoms with Crippen molar-refractivity contribution >= 4 is 5.97 Å². The van der Waals surface area contributed by atoms with Crippen molar-refractivity contribution in [1.82, 2.24) is 0 Å². The Kier molecular flexibility index (Phi) is 11.6. The minimum atomic E-state index is -0.367. The van der Waals surface area contributed by atoms with E-state index in [0.717, 1.165) is 31.6 Å². The van der Waals surface area contributed by atoms with Gasteiger partial charge in [-0.1, -0.05) is 51.0 Å². The van der Waals surface area contributed by atoms with Gasteiger partial charge >= 0.3 is 5.97 Å². The molecule has 2 rings (SSSR count). The second kappa shape index (κ2) is 13.9. The summed E-state index contributed by atoms with van der Waals surface area (Å²) in [7, 11) is 0. The second-order valence-electron chi connectivity index (χ2n) is 9.81. The van der Waals surface area contributed by atoms with Crippen LogP contribution in [0.5, 0.6) is 0 Å². The highest BCUT2D eigenvalue weighted by atomic mass is 19.1. The average molecular weight is 435 g/mol. The van der Waals surface area contributed by atoms with Crippen LogP contribution in [0.25, 0.3) is 0 Å². The predicted octanol–water partition coefficient (Wildman–Crippen LogP) is 6.62. The van der Waals surface area contributed by atoms with Gasteiger partial charge in [-0.2, -0.15) is 0 Å². The van der Waals surface area contributed by atoms with E-state index in [1.807, 2.05) is 0 Å². The van der Waals surface area contributed by atoms with Crippen molar-refractivity contribution < 1.29 is 19.0 Å². The molecule has 1 N–H and O–H groups in total. The van der Waals surface area contributed by atoms with Crippen LogP contribution in [0.4, 0.5) is 4.39 Å². The van der Waals surface area contributed by atoms with Crippen molar-refractivity contribution in [3.8, 4) is 0 Å². The van der Waals surface area contributed by atoms with Crippen molar-refractivity contribution in [1.29, 1.82) is 0 Å². The fourth-order valence-corrected chi connectivity index (χ4v) is 5.15. The zero-order valence-corrected chi connectivity index (χ0v) is 19.8. The quantitative estimate of drug-likeness (QED) is 0.280. The third-order valence-electron chi connectivity index (χ3n) is 7.19. The molecule has 0 amide bonds. The highest BCUT2D eigenvalue weighted by Crippen LogP contribution is 2.40. The summed E-state index contributed by atoms with van der Waals surface area (Å²) in [4.78, 5) is 11.1. The molecule has 1 aromatic carbocycles. The molecule has 3 unspecified atom stereocenters. The molecule has 3 atom stereocenters. The molecule has 0 aromatic heterocycles. The number of halogens is 1. The van der Waals surface area contributed by atoms with Crippen LogP contribution in [0.1, 0.15) is 95.6 Å². The second-order valence-corrected chi connectivity index (χ2v) is 9.81. The van der Waals surface area contributed by atoms with Crippen LogP contribution in [0.3, 0.4) is 0 Å². The fourth-order valence-electron chi connectivity index (χ4n) is 5.15. The first-order valence-electron chi connectivity index (χ1n) is 12.4. The van der Waals surface area contributed by atoms with E-state index in [4.69, 9.17) is 4.74 Å². The number of hydrogen-bond acceptors (Lipinski definition) is 3. The number of ether oxygens (including phenoxy) is 1. The van der Waals surface area contributed by atoms with Crippen LogP contribution in [-0.2, 0) is 16.0 Å². The number of carbonyl (C=O) groups is 1. The molecule has 0 aliphatic heterocycles. The molecule has 0 heterocycles. The Labute approximate surface area is 188 Å². The van der Waals surface area contributed by atoms with E-state index in [1.54, 1.807) is 0 Å². The minimum Gasteiger partial charge on any atom is -0.460 e. The van der Waals surface area contributed by atoms with Gasteiger partial charge in [0.25, 0.3) is 0 Å². The van der Waals surface area contributed by atoms with Crippen LogP contribution >= 0.6 is 0 Å². The number of aliphatic hydroxyl groups excluding tert-OH is 1. The van der Waals surface area contributed by atoms with Crippen LogP contribution in [0.15, 0.2) is 24.3 Å². The first kappa shape index (κ1) is 25.8. The van der Waals surface area contributed by atoms with E-state index in [2.05, 4.69) is 38.1 Å². The number of aliphatic hydroxyl groups is 1. The Bertz CT molecular complexity index is 622. The van der Waals surface area contributed by atoms with Crippen LogP contribution in [0.2, 0.25) is 0 Å². The van der Waals surface area contributed by atoms with Gasteiger partial charge in [0.15, 0.2) is 0 Å². The Balaban J connectivity index is 1.71. The normalized spacial score (nSPS) is 22.0. The largest absolute Gasteiger partial charge is 0.460 e. The molecule has 1 saturated carbocycles. The maximum Gasteiger partial charge on any atom is 0.302 e. The Hall–Kier alpha value is -1.42. The maximum absolute atomic E-state index is 12.3. The van der Waals surface area contributed by atoms with Gasteiger partial charge in [-0.15, -0.1) is 0 Å². The molecule has 4 heteroatoms. The molecule has 0 saturated heterocycles. The summed E-state index contributed by atoms with van der Waals surface area (Å²) in [5.41, 5.74) is 2.79. The van der Waals surface area contributed by atoms with Crippen molar-refractivity contribution in [3.05, 3.63) is 35.4 Å². The molecule has 1 fully saturated rings. The van der Waals surface area contributed by atoms with Crippen molar-refractivity contribution in [2.75, 3.05) is 13.3 Å². The molecule has 176 valence electrons. The molecule has 0 spiro atoms. The summed E-state index contributed by atoms with van der Waals surface area (Å²) >= 11 is 0. The summed E-state index contributed by atoms with van der Waals surface area (Å²) in [6.07, 6.45) is 10.4. The van der Waals surface area contributed by atoms with Gasteiger partial charge in [-0.25, -0.2) is 0 Å². The zero-order valence-electron chi connectivity index (χ0n) is 19.8. The number of rotatable bonds is 13. The van der Waals surface area contributed by atoms with Crippen molar-refractivity contribution in [3.63, 3.8) is 0 Å². The SMILES string of the molecule is CC(=O)OC(CO)CC(C)CCC(C)C1CCC(c2ccc(CCCCF)cc2)CC1. The summed E-state index contributed by atoms with van der Waals surface area (Å²) in [5, 5.41) is 9.40. The van der Waals surface area contributed by atoms with Gasteiger partial charge in [0.1, 0.15) is 6.10 Å². The van der Waals surface area contributed by atoms with Gasteiger partial charge in [-0.3, -0.25) is 9.18 Å². The third kappa shape index (κ3) is 9.31. The minimum absolute atomic E-state index is 0.0952. The van der Waals surface area contributed by atoms with Gasteiger partial charge in [0.05, 0.1) is 13.3 Å².